The maximum absolute atomic E-state index is 12.3. The van der Waals surface area contributed by atoms with E-state index in [0.29, 0.717) is 6.04 Å². The van der Waals surface area contributed by atoms with E-state index in [4.69, 9.17) is 0 Å². The van der Waals surface area contributed by atoms with Crippen LogP contribution in [0.2, 0.25) is 0 Å². The molecule has 0 heterocycles. The van der Waals surface area contributed by atoms with Crippen molar-refractivity contribution in [3.63, 3.8) is 0 Å². The van der Waals surface area contributed by atoms with Gasteiger partial charge in [-0.3, -0.25) is 4.79 Å². The molecule has 1 aromatic rings. The van der Waals surface area contributed by atoms with Gasteiger partial charge in [0.25, 0.3) is 5.91 Å². The van der Waals surface area contributed by atoms with Gasteiger partial charge in [0, 0.05) is 28.9 Å². The number of benzene rings is 1. The molecule has 1 rings (SSSR count). The Bertz CT molecular complexity index is 383. The summed E-state index contributed by atoms with van der Waals surface area (Å²) in [5, 5.41) is 0. The van der Waals surface area contributed by atoms with Crippen LogP contribution in [0.5, 0.6) is 0 Å². The minimum Gasteiger partial charge on any atom is -0.338 e. The van der Waals surface area contributed by atoms with Gasteiger partial charge >= 0.3 is 0 Å². The first-order chi connectivity index (χ1) is 8.10. The molecule has 0 aromatic heterocycles. The van der Waals surface area contributed by atoms with Crippen LogP contribution >= 0.6 is 27.7 Å². The summed E-state index contributed by atoms with van der Waals surface area (Å²) in [6.07, 6.45) is 3.05. The average Bonchev–Trinajstić information content (AvgIpc) is 2.34. The van der Waals surface area contributed by atoms with Crippen molar-refractivity contribution < 1.29 is 4.79 Å². The Morgan fingerprint density at radius 2 is 2.24 bits per heavy atom. The Morgan fingerprint density at radius 3 is 2.76 bits per heavy atom. The summed E-state index contributed by atoms with van der Waals surface area (Å²) in [7, 11) is 1.88. The molecule has 0 aliphatic rings. The lowest BCUT2D eigenvalue weighted by Crippen LogP contribution is -2.38. The van der Waals surface area contributed by atoms with Crippen LogP contribution in [-0.2, 0) is 0 Å². The number of carbonyl (C=O) groups excluding carboxylic acids is 1. The molecule has 2 nitrogen and oxygen atoms in total. The van der Waals surface area contributed by atoms with Crippen molar-refractivity contribution in [1.82, 2.24) is 4.90 Å². The van der Waals surface area contributed by atoms with Gasteiger partial charge in [0.1, 0.15) is 0 Å². The molecule has 1 atom stereocenters. The standard InChI is InChI=1S/C13H18BrNOS/c1-4-12(9-17-3)15(2)13(16)10-6-5-7-11(14)8-10/h5-8,12H,4,9H2,1-3H3. The van der Waals surface area contributed by atoms with Crippen LogP contribution in [-0.4, -0.2) is 35.9 Å². The highest BCUT2D eigenvalue weighted by atomic mass is 79.9. The minimum absolute atomic E-state index is 0.0900. The Labute approximate surface area is 116 Å². The molecule has 94 valence electrons. The molecule has 0 bridgehead atoms. The average molecular weight is 316 g/mol. The van der Waals surface area contributed by atoms with Gasteiger partial charge in [0.05, 0.1) is 0 Å². The number of hydrogen-bond donors (Lipinski definition) is 0. The minimum atomic E-state index is 0.0900. The lowest BCUT2D eigenvalue weighted by molar-refractivity contribution is 0.0743. The van der Waals surface area contributed by atoms with Crippen molar-refractivity contribution in [2.24, 2.45) is 0 Å². The van der Waals surface area contributed by atoms with Crippen molar-refractivity contribution >= 4 is 33.6 Å². The molecule has 0 fully saturated rings. The van der Waals surface area contributed by atoms with E-state index < -0.39 is 0 Å². The fraction of sp³-hybridized carbons (Fsp3) is 0.462. The highest BCUT2D eigenvalue weighted by molar-refractivity contribution is 9.10. The number of thioether (sulfide) groups is 1. The summed E-state index contributed by atoms with van der Waals surface area (Å²) in [6, 6.07) is 7.84. The maximum atomic E-state index is 12.3. The Balaban J connectivity index is 2.81. The third kappa shape index (κ3) is 4.03. The predicted octanol–water partition coefficient (Wildman–Crippen LogP) is 3.66. The number of halogens is 1. The Kier molecular flexibility index (Phi) is 6.06. The summed E-state index contributed by atoms with van der Waals surface area (Å²) < 4.78 is 0.940. The van der Waals surface area contributed by atoms with Gasteiger partial charge in [-0.1, -0.05) is 28.9 Å². The summed E-state index contributed by atoms with van der Waals surface area (Å²) in [5.41, 5.74) is 0.737. The fourth-order valence-electron chi connectivity index (χ4n) is 1.69. The predicted molar refractivity (Wildman–Crippen MR) is 78.7 cm³/mol. The highest BCUT2D eigenvalue weighted by Gasteiger charge is 2.19. The smallest absolute Gasteiger partial charge is 0.253 e. The second-order valence-electron chi connectivity index (χ2n) is 3.94. The van der Waals surface area contributed by atoms with E-state index >= 15 is 0 Å². The third-order valence-corrected chi connectivity index (χ3v) is 3.98. The number of amides is 1. The zero-order chi connectivity index (χ0) is 12.8. The molecule has 1 unspecified atom stereocenters. The Hall–Kier alpha value is -0.480. The molecular formula is C13H18BrNOS. The van der Waals surface area contributed by atoms with Crippen molar-refractivity contribution in [2.45, 2.75) is 19.4 Å². The summed E-state index contributed by atoms with van der Waals surface area (Å²) in [5.74, 6) is 1.07. The van der Waals surface area contributed by atoms with E-state index in [2.05, 4.69) is 29.1 Å². The number of nitrogens with zero attached hydrogens (tertiary/aromatic N) is 1. The lowest BCUT2D eigenvalue weighted by atomic mass is 10.1. The molecular weight excluding hydrogens is 298 g/mol. The quantitative estimate of drug-likeness (QED) is 0.826. The second-order valence-corrected chi connectivity index (χ2v) is 5.77. The van der Waals surface area contributed by atoms with Crippen LogP contribution in [0.15, 0.2) is 28.7 Å². The SMILES string of the molecule is CCC(CSC)N(C)C(=O)c1cccc(Br)c1. The van der Waals surface area contributed by atoms with Gasteiger partial charge in [0.15, 0.2) is 0 Å². The molecule has 17 heavy (non-hydrogen) atoms. The van der Waals surface area contributed by atoms with Crippen LogP contribution in [0.3, 0.4) is 0 Å². The first kappa shape index (κ1) is 14.6. The number of rotatable bonds is 5. The monoisotopic (exact) mass is 315 g/mol. The molecule has 0 saturated carbocycles. The van der Waals surface area contributed by atoms with Crippen molar-refractivity contribution in [3.8, 4) is 0 Å². The van der Waals surface area contributed by atoms with Crippen molar-refractivity contribution in [3.05, 3.63) is 34.3 Å². The van der Waals surface area contributed by atoms with Crippen LogP contribution in [0.4, 0.5) is 0 Å². The lowest BCUT2D eigenvalue weighted by Gasteiger charge is -2.26. The van der Waals surface area contributed by atoms with Crippen molar-refractivity contribution in [1.29, 1.82) is 0 Å². The van der Waals surface area contributed by atoms with Crippen LogP contribution in [0.25, 0.3) is 0 Å². The first-order valence-electron chi connectivity index (χ1n) is 5.61. The molecule has 0 radical (unpaired) electrons. The molecule has 0 N–H and O–H groups in total. The topological polar surface area (TPSA) is 20.3 Å². The molecule has 0 saturated heterocycles. The Morgan fingerprint density at radius 1 is 1.53 bits per heavy atom. The normalized spacial score (nSPS) is 12.2. The van der Waals surface area contributed by atoms with Gasteiger partial charge in [-0.25, -0.2) is 0 Å². The van der Waals surface area contributed by atoms with Crippen molar-refractivity contribution in [2.75, 3.05) is 19.1 Å². The summed E-state index contributed by atoms with van der Waals surface area (Å²) >= 11 is 5.16. The van der Waals surface area contributed by atoms with Gasteiger partial charge in [0.2, 0.25) is 0 Å². The zero-order valence-electron chi connectivity index (χ0n) is 10.4. The molecule has 4 heteroatoms. The van der Waals surface area contributed by atoms with Crippen LogP contribution in [0.1, 0.15) is 23.7 Å². The largest absolute Gasteiger partial charge is 0.338 e. The van der Waals surface area contributed by atoms with E-state index in [-0.39, 0.29) is 5.91 Å². The van der Waals surface area contributed by atoms with E-state index in [1.165, 1.54) is 0 Å². The van der Waals surface area contributed by atoms with Crippen LogP contribution in [0, 0.1) is 0 Å². The fourth-order valence-corrected chi connectivity index (χ4v) is 2.93. The first-order valence-corrected chi connectivity index (χ1v) is 7.80. The molecule has 0 aliphatic heterocycles. The zero-order valence-corrected chi connectivity index (χ0v) is 12.8. The van der Waals surface area contributed by atoms with Gasteiger partial charge in [-0.15, -0.1) is 0 Å². The maximum Gasteiger partial charge on any atom is 0.253 e. The van der Waals surface area contributed by atoms with Crippen LogP contribution < -0.4 is 0 Å². The van der Waals surface area contributed by atoms with Gasteiger partial charge in [-0.2, -0.15) is 11.8 Å². The molecule has 1 amide bonds. The molecule has 0 spiro atoms. The highest BCUT2D eigenvalue weighted by Crippen LogP contribution is 2.16. The van der Waals surface area contributed by atoms with E-state index in [9.17, 15) is 4.79 Å². The number of hydrogen-bond acceptors (Lipinski definition) is 2. The van der Waals surface area contributed by atoms with E-state index in [1.807, 2.05) is 36.2 Å². The molecule has 0 aliphatic carbocycles. The third-order valence-electron chi connectivity index (χ3n) is 2.77. The summed E-state index contributed by atoms with van der Waals surface area (Å²) in [4.78, 5) is 14.1. The second kappa shape index (κ2) is 7.07. The molecule has 1 aromatic carbocycles. The van der Waals surface area contributed by atoms with E-state index in [0.717, 1.165) is 22.2 Å². The van der Waals surface area contributed by atoms with Gasteiger partial charge < -0.3 is 4.90 Å². The number of carbonyl (C=O) groups is 1. The van der Waals surface area contributed by atoms with E-state index in [1.54, 1.807) is 11.8 Å². The summed E-state index contributed by atoms with van der Waals surface area (Å²) in [6.45, 7) is 2.12. The van der Waals surface area contributed by atoms with Gasteiger partial charge in [-0.05, 0) is 30.9 Å².